The Kier molecular flexibility index (Phi) is 4.81. The summed E-state index contributed by atoms with van der Waals surface area (Å²) in [5.74, 6) is 6.38. The standard InChI is InChI=1S/C22H21ClFN5/c1-22(8-9-29(2)12-22)7-6-13-10-18-15(11-17(13)25)20(26)28-21(27-18)14-4-3-5-16(23)19(14)24/h3-5,10-11H,8-9,12,25H2,1-2H3,(H2,26,27,28)/t22-/m0/s1. The van der Waals surface area contributed by atoms with E-state index in [1.165, 1.54) is 6.07 Å². The first kappa shape index (κ1) is 19.4. The summed E-state index contributed by atoms with van der Waals surface area (Å²) in [7, 11) is 2.09. The van der Waals surface area contributed by atoms with Crippen LogP contribution in [0.1, 0.15) is 18.9 Å². The van der Waals surface area contributed by atoms with E-state index in [0.29, 0.717) is 22.2 Å². The topological polar surface area (TPSA) is 81.1 Å². The number of halogens is 2. The Morgan fingerprint density at radius 1 is 1.24 bits per heavy atom. The van der Waals surface area contributed by atoms with Crippen LogP contribution in [0.15, 0.2) is 30.3 Å². The van der Waals surface area contributed by atoms with Crippen molar-refractivity contribution < 1.29 is 4.39 Å². The third-order valence-corrected chi connectivity index (χ3v) is 5.54. The van der Waals surface area contributed by atoms with Crippen LogP contribution < -0.4 is 11.5 Å². The van der Waals surface area contributed by atoms with Crippen LogP contribution >= 0.6 is 11.6 Å². The van der Waals surface area contributed by atoms with Crippen LogP contribution in [0, 0.1) is 23.1 Å². The predicted octanol–water partition coefficient (Wildman–Crippen LogP) is 3.95. The second-order valence-corrected chi connectivity index (χ2v) is 8.20. The molecule has 3 aromatic rings. The second kappa shape index (κ2) is 7.18. The van der Waals surface area contributed by atoms with Gasteiger partial charge in [0.15, 0.2) is 11.6 Å². The fourth-order valence-electron chi connectivity index (χ4n) is 3.63. The summed E-state index contributed by atoms with van der Waals surface area (Å²) in [6.07, 6.45) is 1.01. The first-order valence-electron chi connectivity index (χ1n) is 9.29. The normalized spacial score (nSPS) is 19.3. The first-order chi connectivity index (χ1) is 13.8. The number of benzene rings is 2. The zero-order valence-corrected chi connectivity index (χ0v) is 17.0. The Bertz CT molecular complexity index is 1180. The van der Waals surface area contributed by atoms with E-state index in [1.807, 2.05) is 0 Å². The number of aromatic nitrogens is 2. The third-order valence-electron chi connectivity index (χ3n) is 5.25. The van der Waals surface area contributed by atoms with Crippen molar-refractivity contribution in [2.24, 2.45) is 5.41 Å². The molecular weight excluding hydrogens is 389 g/mol. The van der Waals surface area contributed by atoms with E-state index in [0.717, 1.165) is 19.5 Å². The van der Waals surface area contributed by atoms with Crippen molar-refractivity contribution in [2.75, 3.05) is 31.6 Å². The largest absolute Gasteiger partial charge is 0.398 e. The van der Waals surface area contributed by atoms with Crippen molar-refractivity contribution in [3.63, 3.8) is 0 Å². The summed E-state index contributed by atoms with van der Waals surface area (Å²) < 4.78 is 14.4. The molecule has 1 aromatic heterocycles. The molecule has 2 heterocycles. The fourth-order valence-corrected chi connectivity index (χ4v) is 3.81. The minimum absolute atomic E-state index is 0.00315. The molecule has 1 atom stereocenters. The lowest BCUT2D eigenvalue weighted by Gasteiger charge is -2.15. The van der Waals surface area contributed by atoms with Gasteiger partial charge in [0.05, 0.1) is 16.1 Å². The minimum Gasteiger partial charge on any atom is -0.398 e. The maximum Gasteiger partial charge on any atom is 0.165 e. The second-order valence-electron chi connectivity index (χ2n) is 7.79. The number of anilines is 2. The molecule has 4 rings (SSSR count). The lowest BCUT2D eigenvalue weighted by molar-refractivity contribution is 0.373. The lowest BCUT2D eigenvalue weighted by atomic mass is 9.90. The molecule has 148 valence electrons. The maximum absolute atomic E-state index is 14.4. The van der Waals surface area contributed by atoms with Crippen LogP contribution in [-0.4, -0.2) is 35.0 Å². The van der Waals surface area contributed by atoms with Gasteiger partial charge >= 0.3 is 0 Å². The molecular formula is C22H21ClFN5. The predicted molar refractivity (Wildman–Crippen MR) is 116 cm³/mol. The smallest absolute Gasteiger partial charge is 0.165 e. The number of nitrogens with two attached hydrogens (primary N) is 2. The fraction of sp³-hybridized carbons (Fsp3) is 0.273. The van der Waals surface area contributed by atoms with Crippen molar-refractivity contribution in [1.82, 2.24) is 14.9 Å². The average Bonchev–Trinajstić information content (AvgIpc) is 3.02. The van der Waals surface area contributed by atoms with Crippen molar-refractivity contribution in [2.45, 2.75) is 13.3 Å². The van der Waals surface area contributed by atoms with Crippen molar-refractivity contribution in [3.8, 4) is 23.2 Å². The average molecular weight is 410 g/mol. The maximum atomic E-state index is 14.4. The van der Waals surface area contributed by atoms with Crippen molar-refractivity contribution >= 4 is 34.0 Å². The molecule has 0 unspecified atom stereocenters. The van der Waals surface area contributed by atoms with E-state index in [9.17, 15) is 4.39 Å². The zero-order valence-electron chi connectivity index (χ0n) is 16.3. The van der Waals surface area contributed by atoms with Gasteiger partial charge in [-0.3, -0.25) is 0 Å². The van der Waals surface area contributed by atoms with Gasteiger partial charge in [0, 0.05) is 28.6 Å². The summed E-state index contributed by atoms with van der Waals surface area (Å²) >= 11 is 5.89. The highest BCUT2D eigenvalue weighted by Gasteiger charge is 2.30. The van der Waals surface area contributed by atoms with E-state index < -0.39 is 5.82 Å². The Labute approximate surface area is 173 Å². The highest BCUT2D eigenvalue weighted by Crippen LogP contribution is 2.31. The quantitative estimate of drug-likeness (QED) is 0.470. The number of rotatable bonds is 1. The molecule has 0 spiro atoms. The van der Waals surface area contributed by atoms with Gasteiger partial charge < -0.3 is 16.4 Å². The van der Waals surface area contributed by atoms with Crippen LogP contribution in [0.3, 0.4) is 0 Å². The Morgan fingerprint density at radius 3 is 2.76 bits per heavy atom. The molecule has 0 bridgehead atoms. The van der Waals surface area contributed by atoms with E-state index in [4.69, 9.17) is 23.1 Å². The Hall–Kier alpha value is -2.88. The van der Waals surface area contributed by atoms with Crippen LogP contribution in [0.2, 0.25) is 5.02 Å². The van der Waals surface area contributed by atoms with Crippen LogP contribution in [0.4, 0.5) is 15.9 Å². The molecule has 0 saturated carbocycles. The molecule has 1 saturated heterocycles. The van der Waals surface area contributed by atoms with E-state index in [2.05, 4.69) is 40.7 Å². The number of hydrogen-bond acceptors (Lipinski definition) is 5. The molecule has 7 heteroatoms. The third kappa shape index (κ3) is 3.71. The highest BCUT2D eigenvalue weighted by atomic mass is 35.5. The van der Waals surface area contributed by atoms with Gasteiger partial charge in [0.25, 0.3) is 0 Å². The summed E-state index contributed by atoms with van der Waals surface area (Å²) in [5.41, 5.74) is 14.2. The zero-order chi connectivity index (χ0) is 20.8. The molecule has 0 amide bonds. The van der Waals surface area contributed by atoms with Crippen LogP contribution in [0.25, 0.3) is 22.3 Å². The molecule has 0 aliphatic carbocycles. The molecule has 4 N–H and O–H groups in total. The SMILES string of the molecule is CN1CC[C@](C)(C#Cc2cc3nc(-c4cccc(Cl)c4F)nc(N)c3cc2N)C1. The molecule has 29 heavy (non-hydrogen) atoms. The monoisotopic (exact) mass is 409 g/mol. The molecule has 1 aliphatic heterocycles. The number of nitrogen functional groups attached to an aromatic ring is 2. The van der Waals surface area contributed by atoms with Gasteiger partial charge in [-0.05, 0) is 51.2 Å². The Balaban J connectivity index is 1.81. The van der Waals surface area contributed by atoms with Crippen LogP contribution in [0.5, 0.6) is 0 Å². The van der Waals surface area contributed by atoms with E-state index >= 15 is 0 Å². The summed E-state index contributed by atoms with van der Waals surface area (Å²) in [6.45, 7) is 4.10. The van der Waals surface area contributed by atoms with Gasteiger partial charge in [-0.2, -0.15) is 0 Å². The number of hydrogen-bond donors (Lipinski definition) is 2. The van der Waals surface area contributed by atoms with Gasteiger partial charge in [0.1, 0.15) is 5.82 Å². The van der Waals surface area contributed by atoms with Crippen molar-refractivity contribution in [3.05, 3.63) is 46.7 Å². The number of nitrogens with zero attached hydrogens (tertiary/aromatic N) is 3. The summed E-state index contributed by atoms with van der Waals surface area (Å²) in [6, 6.07) is 8.18. The molecule has 5 nitrogen and oxygen atoms in total. The molecule has 1 fully saturated rings. The van der Waals surface area contributed by atoms with E-state index in [1.54, 1.807) is 24.3 Å². The highest BCUT2D eigenvalue weighted by molar-refractivity contribution is 6.31. The molecule has 1 aliphatic rings. The van der Waals surface area contributed by atoms with Crippen LogP contribution in [-0.2, 0) is 0 Å². The minimum atomic E-state index is -0.582. The number of fused-ring (bicyclic) bond motifs is 1. The van der Waals surface area contributed by atoms with Gasteiger partial charge in [-0.1, -0.05) is 29.5 Å². The first-order valence-corrected chi connectivity index (χ1v) is 9.66. The van der Waals surface area contributed by atoms with Gasteiger partial charge in [-0.15, -0.1) is 0 Å². The lowest BCUT2D eigenvalue weighted by Crippen LogP contribution is -2.20. The van der Waals surface area contributed by atoms with Gasteiger partial charge in [0.2, 0.25) is 0 Å². The summed E-state index contributed by atoms with van der Waals surface area (Å²) in [5, 5.41) is 0.606. The van der Waals surface area contributed by atoms with Crippen molar-refractivity contribution in [1.29, 1.82) is 0 Å². The summed E-state index contributed by atoms with van der Waals surface area (Å²) in [4.78, 5) is 11.0. The molecule has 0 radical (unpaired) electrons. The number of likely N-dealkylation sites (tertiary alicyclic amines) is 1. The van der Waals surface area contributed by atoms with E-state index in [-0.39, 0.29) is 27.6 Å². The van der Waals surface area contributed by atoms with Gasteiger partial charge in [-0.25, -0.2) is 14.4 Å². The molecule has 2 aromatic carbocycles. The Morgan fingerprint density at radius 2 is 2.03 bits per heavy atom.